The van der Waals surface area contributed by atoms with E-state index in [-0.39, 0.29) is 18.0 Å². The highest BCUT2D eigenvalue weighted by atomic mass is 16.1. The summed E-state index contributed by atoms with van der Waals surface area (Å²) < 4.78 is 2.18. The monoisotopic (exact) mass is 427 g/mol. The molecule has 0 saturated carbocycles. The minimum Gasteiger partial charge on any atom is -0.348 e. The summed E-state index contributed by atoms with van der Waals surface area (Å²) in [7, 11) is 0. The van der Waals surface area contributed by atoms with E-state index in [4.69, 9.17) is 0 Å². The smallest absolute Gasteiger partial charge is 0.253 e. The summed E-state index contributed by atoms with van der Waals surface area (Å²) in [5.74, 6) is -0.175. The third-order valence-electron chi connectivity index (χ3n) is 5.87. The minimum atomic E-state index is -0.175. The van der Waals surface area contributed by atoms with Crippen molar-refractivity contribution in [3.8, 4) is 0 Å². The molecule has 0 bridgehead atoms. The third kappa shape index (κ3) is 4.24. The fourth-order valence-corrected chi connectivity index (χ4v) is 4.35. The first-order valence-electron chi connectivity index (χ1n) is 11.0. The summed E-state index contributed by atoms with van der Waals surface area (Å²) in [6, 6.07) is 18.1. The maximum absolute atomic E-state index is 13.2. The zero-order chi connectivity index (χ0) is 22.8. The number of carbonyl (C=O) groups is 1. The molecule has 0 aliphatic carbocycles. The Kier molecular flexibility index (Phi) is 5.99. The molecule has 32 heavy (non-hydrogen) atoms. The van der Waals surface area contributed by atoms with E-state index >= 15 is 0 Å². The molecule has 4 aromatic rings. The molecular formula is C27H29N3O2. The molecule has 2 aromatic heterocycles. The van der Waals surface area contributed by atoms with Crippen molar-refractivity contribution in [2.24, 2.45) is 0 Å². The van der Waals surface area contributed by atoms with Gasteiger partial charge in [0, 0.05) is 46.5 Å². The van der Waals surface area contributed by atoms with Gasteiger partial charge in [-0.05, 0) is 69.0 Å². The van der Waals surface area contributed by atoms with Crippen LogP contribution >= 0.6 is 0 Å². The van der Waals surface area contributed by atoms with E-state index in [1.54, 1.807) is 0 Å². The Morgan fingerprint density at radius 1 is 1.06 bits per heavy atom. The zero-order valence-electron chi connectivity index (χ0n) is 19.0. The number of hydrogen-bond acceptors (Lipinski definition) is 2. The molecule has 0 saturated heterocycles. The summed E-state index contributed by atoms with van der Waals surface area (Å²) in [4.78, 5) is 28.8. The maximum Gasteiger partial charge on any atom is 0.253 e. The van der Waals surface area contributed by atoms with Crippen LogP contribution in [0.5, 0.6) is 0 Å². The van der Waals surface area contributed by atoms with E-state index in [0.29, 0.717) is 23.6 Å². The van der Waals surface area contributed by atoms with Crippen LogP contribution in [-0.2, 0) is 13.0 Å². The Hall–Kier alpha value is -3.60. The molecule has 0 spiro atoms. The van der Waals surface area contributed by atoms with Gasteiger partial charge in [-0.1, -0.05) is 36.4 Å². The number of benzene rings is 2. The van der Waals surface area contributed by atoms with Crippen molar-refractivity contribution in [1.82, 2.24) is 14.9 Å². The van der Waals surface area contributed by atoms with Gasteiger partial charge < -0.3 is 14.9 Å². The summed E-state index contributed by atoms with van der Waals surface area (Å²) in [6.07, 6.45) is 2.73. The fourth-order valence-electron chi connectivity index (χ4n) is 4.35. The molecule has 5 heteroatoms. The molecule has 2 N–H and O–H groups in total. The van der Waals surface area contributed by atoms with Gasteiger partial charge in [0.2, 0.25) is 0 Å². The standard InChI is InChI=1S/C27H29N3O2/c1-17(2)30-16-18(3)25-22(11-8-12-24(25)30)26(31)28-15-23-21(13-19(4)29-27(23)32)14-20-9-6-5-7-10-20/h5-13,16-17H,14-15H2,1-4H3,(H,28,31)(H,29,32). The van der Waals surface area contributed by atoms with E-state index in [0.717, 1.165) is 33.3 Å². The molecular weight excluding hydrogens is 398 g/mol. The highest BCUT2D eigenvalue weighted by molar-refractivity contribution is 6.07. The average molecular weight is 428 g/mol. The molecule has 2 heterocycles. The van der Waals surface area contributed by atoms with Crippen molar-refractivity contribution >= 4 is 16.8 Å². The Morgan fingerprint density at radius 2 is 1.81 bits per heavy atom. The molecule has 164 valence electrons. The van der Waals surface area contributed by atoms with Gasteiger partial charge in [-0.3, -0.25) is 9.59 Å². The van der Waals surface area contributed by atoms with Crippen LogP contribution in [0.25, 0.3) is 10.9 Å². The van der Waals surface area contributed by atoms with E-state index in [1.807, 2.05) is 68.4 Å². The van der Waals surface area contributed by atoms with Gasteiger partial charge in [0.25, 0.3) is 11.5 Å². The number of aromatic nitrogens is 2. The number of carbonyl (C=O) groups excluding carboxylic acids is 1. The second kappa shape index (κ2) is 8.87. The van der Waals surface area contributed by atoms with Gasteiger partial charge in [0.1, 0.15) is 0 Å². The predicted molar refractivity (Wildman–Crippen MR) is 129 cm³/mol. The highest BCUT2D eigenvalue weighted by Crippen LogP contribution is 2.27. The zero-order valence-corrected chi connectivity index (χ0v) is 19.0. The highest BCUT2D eigenvalue weighted by Gasteiger charge is 2.17. The van der Waals surface area contributed by atoms with Crippen molar-refractivity contribution in [3.63, 3.8) is 0 Å². The first-order valence-corrected chi connectivity index (χ1v) is 11.0. The first-order chi connectivity index (χ1) is 15.3. The van der Waals surface area contributed by atoms with Crippen LogP contribution in [-0.4, -0.2) is 15.5 Å². The van der Waals surface area contributed by atoms with Gasteiger partial charge in [-0.15, -0.1) is 0 Å². The molecule has 1 amide bonds. The van der Waals surface area contributed by atoms with Gasteiger partial charge in [-0.25, -0.2) is 0 Å². The third-order valence-corrected chi connectivity index (χ3v) is 5.87. The number of rotatable bonds is 6. The van der Waals surface area contributed by atoms with Crippen molar-refractivity contribution in [2.45, 2.75) is 46.7 Å². The molecule has 0 unspecified atom stereocenters. The molecule has 0 radical (unpaired) electrons. The summed E-state index contributed by atoms with van der Waals surface area (Å²) in [5.41, 5.74) is 6.05. The Labute approximate surface area is 188 Å². The van der Waals surface area contributed by atoms with Crippen LogP contribution < -0.4 is 10.9 Å². The normalized spacial score (nSPS) is 11.3. The lowest BCUT2D eigenvalue weighted by molar-refractivity contribution is 0.0952. The second-order valence-corrected chi connectivity index (χ2v) is 8.64. The average Bonchev–Trinajstić information content (AvgIpc) is 3.11. The number of amides is 1. The first kappa shape index (κ1) is 21.6. The van der Waals surface area contributed by atoms with Crippen LogP contribution in [0.4, 0.5) is 0 Å². The van der Waals surface area contributed by atoms with Gasteiger partial charge in [-0.2, -0.15) is 0 Å². The summed E-state index contributed by atoms with van der Waals surface area (Å²) >= 11 is 0. The number of aryl methyl sites for hydroxylation is 2. The number of pyridine rings is 1. The van der Waals surface area contributed by atoms with Crippen molar-refractivity contribution in [3.05, 3.63) is 105 Å². The number of H-pyrrole nitrogens is 1. The molecule has 2 aromatic carbocycles. The molecule has 0 atom stereocenters. The molecule has 0 fully saturated rings. The predicted octanol–water partition coefficient (Wildman–Crippen LogP) is 5.05. The topological polar surface area (TPSA) is 66.9 Å². The number of nitrogens with one attached hydrogen (secondary N) is 2. The minimum absolute atomic E-state index is 0.156. The fraction of sp³-hybridized carbons (Fsp3) is 0.259. The molecule has 0 aliphatic heterocycles. The van der Waals surface area contributed by atoms with Gasteiger partial charge >= 0.3 is 0 Å². The number of nitrogens with zero attached hydrogens (tertiary/aromatic N) is 1. The van der Waals surface area contributed by atoms with Crippen LogP contribution in [0.3, 0.4) is 0 Å². The van der Waals surface area contributed by atoms with E-state index in [1.165, 1.54) is 0 Å². The Morgan fingerprint density at radius 3 is 2.53 bits per heavy atom. The van der Waals surface area contributed by atoms with Crippen LogP contribution in [0.2, 0.25) is 0 Å². The summed E-state index contributed by atoms with van der Waals surface area (Å²) in [6.45, 7) is 8.34. The van der Waals surface area contributed by atoms with Crippen molar-refractivity contribution in [1.29, 1.82) is 0 Å². The van der Waals surface area contributed by atoms with Crippen LogP contribution in [0.1, 0.15) is 58.2 Å². The number of hydrogen-bond donors (Lipinski definition) is 2. The van der Waals surface area contributed by atoms with Crippen LogP contribution in [0.15, 0.2) is 65.6 Å². The van der Waals surface area contributed by atoms with Crippen LogP contribution in [0, 0.1) is 13.8 Å². The van der Waals surface area contributed by atoms with E-state index in [9.17, 15) is 9.59 Å². The van der Waals surface area contributed by atoms with Crippen molar-refractivity contribution < 1.29 is 4.79 Å². The van der Waals surface area contributed by atoms with E-state index < -0.39 is 0 Å². The lowest BCUT2D eigenvalue weighted by Crippen LogP contribution is -2.28. The Bertz CT molecular complexity index is 1330. The quantitative estimate of drug-likeness (QED) is 0.452. The molecule has 4 rings (SSSR count). The van der Waals surface area contributed by atoms with Gasteiger partial charge in [0.05, 0.1) is 0 Å². The lowest BCUT2D eigenvalue weighted by atomic mass is 10.00. The molecule has 5 nitrogen and oxygen atoms in total. The molecule has 0 aliphatic rings. The van der Waals surface area contributed by atoms with Crippen molar-refractivity contribution in [2.75, 3.05) is 0 Å². The number of aromatic amines is 1. The summed E-state index contributed by atoms with van der Waals surface area (Å²) in [5, 5.41) is 3.95. The largest absolute Gasteiger partial charge is 0.348 e. The van der Waals surface area contributed by atoms with Gasteiger partial charge in [0.15, 0.2) is 0 Å². The Balaban J connectivity index is 1.63. The maximum atomic E-state index is 13.2. The lowest BCUT2D eigenvalue weighted by Gasteiger charge is -2.13. The number of fused-ring (bicyclic) bond motifs is 1. The second-order valence-electron chi connectivity index (χ2n) is 8.64. The van der Waals surface area contributed by atoms with E-state index in [2.05, 4.69) is 34.9 Å². The SMILES string of the molecule is Cc1cc(Cc2ccccc2)c(CNC(=O)c2cccc3c2c(C)cn3C(C)C)c(=O)[nH]1.